The molecule has 0 bridgehead atoms. The third kappa shape index (κ3) is 3.94. The highest BCUT2D eigenvalue weighted by molar-refractivity contribution is 7.89. The summed E-state index contributed by atoms with van der Waals surface area (Å²) in [5, 5.41) is 19.4. The highest BCUT2D eigenvalue weighted by Gasteiger charge is 2.46. The lowest BCUT2D eigenvalue weighted by atomic mass is 9.65. The molecule has 8 nitrogen and oxygen atoms in total. The first kappa shape index (κ1) is 19.6. The number of ether oxygens (including phenoxy) is 1. The molecule has 1 aliphatic rings. The number of rotatable bonds is 5. The molecule has 1 unspecified atom stereocenters. The van der Waals surface area contributed by atoms with Crippen molar-refractivity contribution in [2.75, 3.05) is 18.5 Å². The van der Waals surface area contributed by atoms with Gasteiger partial charge in [0.25, 0.3) is 5.69 Å². The van der Waals surface area contributed by atoms with Crippen LogP contribution in [-0.2, 0) is 14.8 Å². The standard InChI is InChI=1S/C16H25N3O5S/c1-15(2)11(7-8-24-16(15,3)4)10-18-13-6-5-12(25(17,22)23)9-14(13)19(20)21/h5-6,9,11,18H,7-8,10H2,1-4H3,(H2,17,22,23). The fourth-order valence-electron chi connectivity index (χ4n) is 3.07. The van der Waals surface area contributed by atoms with E-state index >= 15 is 0 Å². The fourth-order valence-corrected chi connectivity index (χ4v) is 3.61. The highest BCUT2D eigenvalue weighted by atomic mass is 32.2. The van der Waals surface area contributed by atoms with Crippen LogP contribution in [0.2, 0.25) is 0 Å². The largest absolute Gasteiger partial charge is 0.379 e. The molecule has 0 spiro atoms. The van der Waals surface area contributed by atoms with E-state index in [4.69, 9.17) is 9.88 Å². The molecular formula is C16H25N3O5S. The number of nitrogens with zero attached hydrogens (tertiary/aromatic N) is 1. The lowest BCUT2D eigenvalue weighted by molar-refractivity contribution is -0.384. The third-order valence-electron chi connectivity index (χ3n) is 5.53. The molecule has 1 saturated heterocycles. The Kier molecular flexibility index (Phi) is 5.13. The van der Waals surface area contributed by atoms with Crippen molar-refractivity contribution in [3.05, 3.63) is 28.3 Å². The summed E-state index contributed by atoms with van der Waals surface area (Å²) >= 11 is 0. The minimum Gasteiger partial charge on any atom is -0.379 e. The van der Waals surface area contributed by atoms with Crippen LogP contribution in [0.25, 0.3) is 0 Å². The second-order valence-corrected chi connectivity index (χ2v) is 8.99. The summed E-state index contributed by atoms with van der Waals surface area (Å²) in [5.74, 6) is 0.244. The SMILES string of the molecule is CC1(C)OCCC(CNc2ccc(S(N)(=O)=O)cc2[N+](=O)[O-])C1(C)C. The molecule has 25 heavy (non-hydrogen) atoms. The Balaban J connectivity index is 2.25. The van der Waals surface area contributed by atoms with Gasteiger partial charge in [-0.1, -0.05) is 13.8 Å². The zero-order valence-electron chi connectivity index (χ0n) is 14.9. The fraction of sp³-hybridized carbons (Fsp3) is 0.625. The Bertz CT molecular complexity index is 774. The number of primary sulfonamides is 1. The molecular weight excluding hydrogens is 346 g/mol. The van der Waals surface area contributed by atoms with Crippen LogP contribution >= 0.6 is 0 Å². The maximum atomic E-state index is 11.4. The number of sulfonamides is 1. The Morgan fingerprint density at radius 1 is 1.36 bits per heavy atom. The Labute approximate surface area is 147 Å². The number of hydrogen-bond acceptors (Lipinski definition) is 6. The molecule has 140 valence electrons. The van der Waals surface area contributed by atoms with E-state index < -0.39 is 14.9 Å². The van der Waals surface area contributed by atoms with Crippen molar-refractivity contribution in [2.24, 2.45) is 16.5 Å². The van der Waals surface area contributed by atoms with Crippen molar-refractivity contribution >= 4 is 21.4 Å². The monoisotopic (exact) mass is 371 g/mol. The van der Waals surface area contributed by atoms with Gasteiger partial charge in [-0.25, -0.2) is 13.6 Å². The van der Waals surface area contributed by atoms with Gasteiger partial charge in [0.15, 0.2) is 0 Å². The van der Waals surface area contributed by atoms with Crippen LogP contribution in [0, 0.1) is 21.4 Å². The second-order valence-electron chi connectivity index (χ2n) is 7.43. The van der Waals surface area contributed by atoms with Crippen molar-refractivity contribution in [1.82, 2.24) is 0 Å². The summed E-state index contributed by atoms with van der Waals surface area (Å²) in [4.78, 5) is 10.4. The molecule has 2 rings (SSSR count). The molecule has 0 amide bonds. The van der Waals surface area contributed by atoms with E-state index in [-0.39, 0.29) is 33.2 Å². The molecule has 1 aromatic carbocycles. The van der Waals surface area contributed by atoms with Gasteiger partial charge in [-0.05, 0) is 43.7 Å². The smallest absolute Gasteiger partial charge is 0.293 e. The molecule has 1 atom stereocenters. The Hall–Kier alpha value is -1.71. The first-order valence-electron chi connectivity index (χ1n) is 8.05. The predicted molar refractivity (Wildman–Crippen MR) is 94.9 cm³/mol. The molecule has 1 fully saturated rings. The summed E-state index contributed by atoms with van der Waals surface area (Å²) in [6, 6.07) is 3.63. The molecule has 1 aromatic rings. The molecule has 9 heteroatoms. The van der Waals surface area contributed by atoms with E-state index in [0.29, 0.717) is 13.2 Å². The third-order valence-corrected chi connectivity index (χ3v) is 6.45. The topological polar surface area (TPSA) is 125 Å². The highest BCUT2D eigenvalue weighted by Crippen LogP contribution is 2.45. The number of anilines is 1. The average molecular weight is 371 g/mol. The quantitative estimate of drug-likeness (QED) is 0.605. The van der Waals surface area contributed by atoms with E-state index in [9.17, 15) is 18.5 Å². The lowest BCUT2D eigenvalue weighted by Crippen LogP contribution is -2.52. The normalized spacial score (nSPS) is 22.4. The van der Waals surface area contributed by atoms with Crippen molar-refractivity contribution in [1.29, 1.82) is 0 Å². The van der Waals surface area contributed by atoms with E-state index in [1.807, 2.05) is 13.8 Å². The number of benzene rings is 1. The summed E-state index contributed by atoms with van der Waals surface area (Å²) in [5.41, 5.74) is -0.470. The van der Waals surface area contributed by atoms with Crippen LogP contribution in [0.15, 0.2) is 23.1 Å². The van der Waals surface area contributed by atoms with Gasteiger partial charge in [-0.3, -0.25) is 10.1 Å². The van der Waals surface area contributed by atoms with Gasteiger partial charge in [0.1, 0.15) is 5.69 Å². The number of nitro groups is 1. The molecule has 0 saturated carbocycles. The summed E-state index contributed by atoms with van der Waals surface area (Å²) in [7, 11) is -3.99. The number of hydrogen-bond donors (Lipinski definition) is 2. The first-order valence-corrected chi connectivity index (χ1v) is 9.60. The minimum atomic E-state index is -3.99. The van der Waals surface area contributed by atoms with E-state index in [2.05, 4.69) is 19.2 Å². The number of nitrogens with one attached hydrogen (secondary N) is 1. The van der Waals surface area contributed by atoms with Gasteiger partial charge in [0.05, 0.1) is 15.4 Å². The summed E-state index contributed by atoms with van der Waals surface area (Å²) in [6.45, 7) is 9.49. The second kappa shape index (κ2) is 6.54. The maximum absolute atomic E-state index is 11.4. The van der Waals surface area contributed by atoms with Crippen molar-refractivity contribution in [2.45, 2.75) is 44.6 Å². The van der Waals surface area contributed by atoms with Gasteiger partial charge < -0.3 is 10.1 Å². The van der Waals surface area contributed by atoms with Crippen molar-refractivity contribution in [3.8, 4) is 0 Å². The van der Waals surface area contributed by atoms with Crippen molar-refractivity contribution in [3.63, 3.8) is 0 Å². The first-order chi connectivity index (χ1) is 11.4. The molecule has 0 aliphatic carbocycles. The van der Waals surface area contributed by atoms with Gasteiger partial charge in [0, 0.05) is 19.2 Å². The van der Waals surface area contributed by atoms with Crippen LogP contribution in [0.5, 0.6) is 0 Å². The van der Waals surface area contributed by atoms with E-state index in [1.54, 1.807) is 0 Å². The van der Waals surface area contributed by atoms with E-state index in [0.717, 1.165) is 12.5 Å². The average Bonchev–Trinajstić information content (AvgIpc) is 2.47. The Morgan fingerprint density at radius 2 is 2.00 bits per heavy atom. The summed E-state index contributed by atoms with van der Waals surface area (Å²) < 4.78 is 28.7. The van der Waals surface area contributed by atoms with Crippen LogP contribution in [0.3, 0.4) is 0 Å². The van der Waals surface area contributed by atoms with Gasteiger partial charge in [-0.15, -0.1) is 0 Å². The molecule has 0 radical (unpaired) electrons. The molecule has 1 aliphatic heterocycles. The molecule has 1 heterocycles. The zero-order chi connectivity index (χ0) is 19.0. The Morgan fingerprint density at radius 3 is 2.56 bits per heavy atom. The van der Waals surface area contributed by atoms with Gasteiger partial charge in [-0.2, -0.15) is 0 Å². The van der Waals surface area contributed by atoms with Crippen LogP contribution in [0.4, 0.5) is 11.4 Å². The predicted octanol–water partition coefficient (Wildman–Crippen LogP) is 2.50. The van der Waals surface area contributed by atoms with E-state index in [1.165, 1.54) is 12.1 Å². The van der Waals surface area contributed by atoms with Gasteiger partial charge in [0.2, 0.25) is 10.0 Å². The lowest BCUT2D eigenvalue weighted by Gasteiger charge is -2.50. The van der Waals surface area contributed by atoms with Crippen molar-refractivity contribution < 1.29 is 18.1 Å². The minimum absolute atomic E-state index is 0.131. The van der Waals surface area contributed by atoms with Gasteiger partial charge >= 0.3 is 0 Å². The van der Waals surface area contributed by atoms with Crippen LogP contribution in [0.1, 0.15) is 34.1 Å². The van der Waals surface area contributed by atoms with Crippen LogP contribution in [-0.4, -0.2) is 32.1 Å². The molecule has 3 N–H and O–H groups in total. The van der Waals surface area contributed by atoms with Crippen LogP contribution < -0.4 is 10.5 Å². The number of nitro benzene ring substituents is 1. The zero-order valence-corrected chi connectivity index (χ0v) is 15.7. The summed E-state index contributed by atoms with van der Waals surface area (Å²) in [6.07, 6.45) is 0.840. The maximum Gasteiger partial charge on any atom is 0.293 e. The number of nitrogens with two attached hydrogens (primary N) is 1. The molecule has 0 aromatic heterocycles.